The van der Waals surface area contributed by atoms with Crippen LogP contribution in [0.4, 0.5) is 22.0 Å². The number of hydrogen-bond acceptors (Lipinski definition) is 8. The maximum Gasteiger partial charge on any atom is 0.573 e. The van der Waals surface area contributed by atoms with Gasteiger partial charge in [0, 0.05) is 31.0 Å². The van der Waals surface area contributed by atoms with Crippen molar-refractivity contribution >= 4 is 9.84 Å². The van der Waals surface area contributed by atoms with E-state index in [0.717, 1.165) is 18.4 Å². The summed E-state index contributed by atoms with van der Waals surface area (Å²) in [7, 11) is -2.04. The lowest BCUT2D eigenvalue weighted by Gasteiger charge is -2.15. The summed E-state index contributed by atoms with van der Waals surface area (Å²) in [6.07, 6.45) is -2.40. The Hall–Kier alpha value is -4.67. The van der Waals surface area contributed by atoms with E-state index >= 15 is 8.78 Å². The first kappa shape index (κ1) is 32.7. The quantitative estimate of drug-likeness (QED) is 0.150. The Morgan fingerprint density at radius 3 is 2.28 bits per heavy atom. The lowest BCUT2D eigenvalue weighted by Crippen LogP contribution is -2.32. The van der Waals surface area contributed by atoms with Gasteiger partial charge < -0.3 is 15.2 Å². The maximum absolute atomic E-state index is 15.0. The number of hydrogen-bond donors (Lipinski definition) is 2. The van der Waals surface area contributed by atoms with Crippen molar-refractivity contribution in [3.05, 3.63) is 84.7 Å². The molecule has 0 bridgehead atoms. The predicted octanol–water partition coefficient (Wildman–Crippen LogP) is 4.98. The zero-order chi connectivity index (χ0) is 33.3. The maximum atomic E-state index is 15.0. The SMILES string of the molecule is Cn1nc(C(F)(F)CNCCO)cc1-c1ccc(-c2cccc(S(C)(=O)=O)c2)cc1-n1nncc1-c1ccc(OC(F)(F)F)cc1. The Kier molecular flexibility index (Phi) is 8.97. The zero-order valence-corrected chi connectivity index (χ0v) is 25.1. The van der Waals surface area contributed by atoms with Crippen molar-refractivity contribution < 1.29 is 40.2 Å². The molecule has 16 heteroatoms. The summed E-state index contributed by atoms with van der Waals surface area (Å²) in [5.41, 5.74) is 2.35. The summed E-state index contributed by atoms with van der Waals surface area (Å²) in [6, 6.07) is 17.5. The van der Waals surface area contributed by atoms with Crippen LogP contribution in [0, 0.1) is 0 Å². The number of aliphatic hydroxyl groups is 1. The number of aryl methyl sites for hydroxylation is 1. The summed E-state index contributed by atoms with van der Waals surface area (Å²) in [5.74, 6) is -3.81. The van der Waals surface area contributed by atoms with Crippen LogP contribution in [-0.2, 0) is 22.8 Å². The third-order valence-electron chi connectivity index (χ3n) is 6.92. The van der Waals surface area contributed by atoms with Crippen LogP contribution in [0.1, 0.15) is 5.69 Å². The monoisotopic (exact) mass is 662 g/mol. The summed E-state index contributed by atoms with van der Waals surface area (Å²) < 4.78 is 99.3. The third-order valence-corrected chi connectivity index (χ3v) is 8.03. The molecular weight excluding hydrogens is 635 g/mol. The van der Waals surface area contributed by atoms with Crippen LogP contribution < -0.4 is 10.1 Å². The normalized spacial score (nSPS) is 12.4. The van der Waals surface area contributed by atoms with Gasteiger partial charge in [-0.25, -0.2) is 13.1 Å². The van der Waals surface area contributed by atoms with Crippen molar-refractivity contribution in [2.75, 3.05) is 26.0 Å². The molecule has 10 nitrogen and oxygen atoms in total. The van der Waals surface area contributed by atoms with Gasteiger partial charge in [0.1, 0.15) is 11.4 Å². The molecular formula is C30H27F5N6O4S. The lowest BCUT2D eigenvalue weighted by molar-refractivity contribution is -0.274. The molecule has 0 amide bonds. The highest BCUT2D eigenvalue weighted by Crippen LogP contribution is 2.37. The van der Waals surface area contributed by atoms with E-state index in [9.17, 15) is 21.6 Å². The average Bonchev–Trinajstić information content (AvgIpc) is 3.64. The van der Waals surface area contributed by atoms with E-state index in [2.05, 4.69) is 25.5 Å². The standard InChI is InChI=1S/C30H27F5N6O4S/c1-40-25(16-28(38-40)29(31,32)18-36-12-13-42)24-11-8-21(20-4-3-5-23(14-20)46(2,43)44)15-26(24)41-27(17-37-39-41)19-6-9-22(10-7-19)45-30(33,34)35/h3-11,14-17,36,42H,12-13,18H2,1-2H3. The number of aliphatic hydroxyl groups excluding tert-OH is 1. The molecule has 3 aromatic carbocycles. The van der Waals surface area contributed by atoms with E-state index in [1.165, 1.54) is 52.9 Å². The van der Waals surface area contributed by atoms with E-state index < -0.39 is 40.1 Å². The van der Waals surface area contributed by atoms with Crippen LogP contribution in [-0.4, -0.2) is 70.6 Å². The van der Waals surface area contributed by atoms with Crippen molar-refractivity contribution in [1.82, 2.24) is 30.1 Å². The minimum atomic E-state index is -4.87. The number of sulfone groups is 1. The molecule has 0 saturated heterocycles. The highest BCUT2D eigenvalue weighted by molar-refractivity contribution is 7.90. The highest BCUT2D eigenvalue weighted by atomic mass is 32.2. The van der Waals surface area contributed by atoms with Crippen LogP contribution in [0.3, 0.4) is 0 Å². The minimum Gasteiger partial charge on any atom is -0.406 e. The van der Waals surface area contributed by atoms with Gasteiger partial charge in [-0.15, -0.1) is 18.3 Å². The van der Waals surface area contributed by atoms with Crippen LogP contribution >= 0.6 is 0 Å². The summed E-state index contributed by atoms with van der Waals surface area (Å²) in [4.78, 5) is 0.0894. The first-order valence-corrected chi connectivity index (χ1v) is 15.5. The fraction of sp³-hybridized carbons (Fsp3) is 0.233. The van der Waals surface area contributed by atoms with E-state index in [1.54, 1.807) is 30.3 Å². The first-order chi connectivity index (χ1) is 21.7. The largest absolute Gasteiger partial charge is 0.573 e. The number of aromatic nitrogens is 5. The summed E-state index contributed by atoms with van der Waals surface area (Å²) >= 11 is 0. The Labute approximate surface area is 260 Å². The number of rotatable bonds is 11. The van der Waals surface area contributed by atoms with Crippen molar-refractivity contribution in [1.29, 1.82) is 0 Å². The zero-order valence-electron chi connectivity index (χ0n) is 24.3. The average molecular weight is 663 g/mol. The second-order valence-corrected chi connectivity index (χ2v) is 12.3. The minimum absolute atomic E-state index is 0.0280. The number of benzene rings is 3. The smallest absolute Gasteiger partial charge is 0.406 e. The van der Waals surface area contributed by atoms with E-state index in [-0.39, 0.29) is 23.7 Å². The molecule has 0 aliphatic rings. The molecule has 0 fully saturated rings. The molecule has 2 heterocycles. The van der Waals surface area contributed by atoms with E-state index in [4.69, 9.17) is 5.11 Å². The molecule has 0 unspecified atom stereocenters. The fourth-order valence-corrected chi connectivity index (χ4v) is 5.43. The lowest BCUT2D eigenvalue weighted by atomic mass is 10.00. The van der Waals surface area contributed by atoms with E-state index in [0.29, 0.717) is 33.6 Å². The molecule has 2 N–H and O–H groups in total. The predicted molar refractivity (Wildman–Crippen MR) is 158 cm³/mol. The van der Waals surface area contributed by atoms with Crippen LogP contribution in [0.25, 0.3) is 39.3 Å². The van der Waals surface area contributed by atoms with Crippen molar-refractivity contribution in [3.8, 4) is 45.1 Å². The van der Waals surface area contributed by atoms with Gasteiger partial charge in [-0.2, -0.15) is 13.9 Å². The topological polar surface area (TPSA) is 124 Å². The number of halogens is 5. The van der Waals surface area contributed by atoms with Crippen molar-refractivity contribution in [2.45, 2.75) is 17.2 Å². The summed E-state index contributed by atoms with van der Waals surface area (Å²) in [6.45, 7) is -1.10. The molecule has 242 valence electrons. The second-order valence-electron chi connectivity index (χ2n) is 10.3. The highest BCUT2D eigenvalue weighted by Gasteiger charge is 2.35. The Bertz CT molecular complexity index is 1960. The van der Waals surface area contributed by atoms with Gasteiger partial charge in [0.15, 0.2) is 9.84 Å². The molecule has 2 aromatic heterocycles. The Morgan fingerprint density at radius 2 is 1.61 bits per heavy atom. The van der Waals surface area contributed by atoms with Gasteiger partial charge >= 0.3 is 12.3 Å². The molecule has 5 aromatic rings. The van der Waals surface area contributed by atoms with Crippen molar-refractivity contribution in [3.63, 3.8) is 0 Å². The van der Waals surface area contributed by atoms with E-state index in [1.807, 2.05) is 0 Å². The molecule has 0 aliphatic carbocycles. The van der Waals surface area contributed by atoms with Gasteiger partial charge in [-0.1, -0.05) is 29.5 Å². The number of alkyl halides is 5. The third kappa shape index (κ3) is 7.24. The van der Waals surface area contributed by atoms with Crippen LogP contribution in [0.5, 0.6) is 5.75 Å². The van der Waals surface area contributed by atoms with Crippen LogP contribution in [0.2, 0.25) is 0 Å². The molecule has 0 radical (unpaired) electrons. The Balaban J connectivity index is 1.65. The fourth-order valence-electron chi connectivity index (χ4n) is 4.76. The molecule has 0 aliphatic heterocycles. The number of ether oxygens (including phenoxy) is 1. The van der Waals surface area contributed by atoms with Gasteiger partial charge in [-0.3, -0.25) is 4.68 Å². The van der Waals surface area contributed by atoms with Gasteiger partial charge in [0.2, 0.25) is 0 Å². The number of nitrogens with zero attached hydrogens (tertiary/aromatic N) is 5. The number of nitrogens with one attached hydrogen (secondary N) is 1. The van der Waals surface area contributed by atoms with Gasteiger partial charge in [0.25, 0.3) is 0 Å². The van der Waals surface area contributed by atoms with Crippen LogP contribution in [0.15, 0.2) is 83.9 Å². The molecule has 0 atom stereocenters. The van der Waals surface area contributed by atoms with Gasteiger partial charge in [-0.05, 0) is 59.7 Å². The molecule has 0 saturated carbocycles. The van der Waals surface area contributed by atoms with Crippen molar-refractivity contribution in [2.24, 2.45) is 7.05 Å². The second kappa shape index (κ2) is 12.6. The Morgan fingerprint density at radius 1 is 0.913 bits per heavy atom. The first-order valence-electron chi connectivity index (χ1n) is 13.6. The molecule has 46 heavy (non-hydrogen) atoms. The molecule has 0 spiro atoms. The molecule has 5 rings (SSSR count). The summed E-state index contributed by atoms with van der Waals surface area (Å²) in [5, 5.41) is 23.7. The van der Waals surface area contributed by atoms with Gasteiger partial charge in [0.05, 0.1) is 41.3 Å².